The van der Waals surface area contributed by atoms with Gasteiger partial charge in [0.05, 0.1) is 20.3 Å². The third-order valence-electron chi connectivity index (χ3n) is 4.66. The van der Waals surface area contributed by atoms with Gasteiger partial charge in [-0.05, 0) is 48.9 Å². The van der Waals surface area contributed by atoms with Crippen LogP contribution in [0.15, 0.2) is 30.3 Å². The predicted molar refractivity (Wildman–Crippen MR) is 115 cm³/mol. The van der Waals surface area contributed by atoms with E-state index in [-0.39, 0.29) is 0 Å². The van der Waals surface area contributed by atoms with Crippen molar-refractivity contribution in [2.24, 2.45) is 0 Å². The molecular weight excluding hydrogens is 360 g/mol. The van der Waals surface area contributed by atoms with Crippen molar-refractivity contribution in [3.8, 4) is 17.2 Å². The van der Waals surface area contributed by atoms with Gasteiger partial charge in [0, 0.05) is 11.3 Å². The van der Waals surface area contributed by atoms with Gasteiger partial charge in [0.2, 0.25) is 0 Å². The number of ether oxygens (including phenoxy) is 3. The number of halogens is 1. The first-order valence-electron chi connectivity index (χ1n) is 10.2. The van der Waals surface area contributed by atoms with E-state index in [1.54, 1.807) is 7.11 Å². The Kier molecular flexibility index (Phi) is 10.2. The standard InChI is InChI=1S/C23H33ClO3/c1-3-4-5-9-16-26-20-12-13-21-19(18-20)11-14-22(23(21)25-2)27-17-10-7-6-8-15-24/h11-14,18H,3-10,15-17H2,1-2H3. The monoisotopic (exact) mass is 392 g/mol. The minimum atomic E-state index is 0.698. The van der Waals surface area contributed by atoms with E-state index in [0.29, 0.717) is 6.61 Å². The van der Waals surface area contributed by atoms with Crippen LogP contribution in [0.2, 0.25) is 0 Å². The lowest BCUT2D eigenvalue weighted by atomic mass is 10.1. The quantitative estimate of drug-likeness (QED) is 0.256. The molecule has 0 aromatic heterocycles. The Hall–Kier alpha value is -1.61. The molecular formula is C23H33ClO3. The Morgan fingerprint density at radius 2 is 1.56 bits per heavy atom. The van der Waals surface area contributed by atoms with Crippen LogP contribution >= 0.6 is 11.6 Å². The van der Waals surface area contributed by atoms with Crippen LogP contribution in [0.5, 0.6) is 17.2 Å². The van der Waals surface area contributed by atoms with E-state index in [9.17, 15) is 0 Å². The van der Waals surface area contributed by atoms with Crippen LogP contribution in [0.25, 0.3) is 10.8 Å². The first-order chi connectivity index (χ1) is 13.3. The fourth-order valence-electron chi connectivity index (χ4n) is 3.12. The highest BCUT2D eigenvalue weighted by atomic mass is 35.5. The minimum Gasteiger partial charge on any atom is -0.494 e. The molecule has 150 valence electrons. The molecule has 2 aromatic carbocycles. The fourth-order valence-corrected chi connectivity index (χ4v) is 3.31. The van der Waals surface area contributed by atoms with Crippen molar-refractivity contribution in [3.63, 3.8) is 0 Å². The summed E-state index contributed by atoms with van der Waals surface area (Å²) < 4.78 is 17.5. The summed E-state index contributed by atoms with van der Waals surface area (Å²) in [5.41, 5.74) is 0. The highest BCUT2D eigenvalue weighted by Gasteiger charge is 2.10. The maximum atomic E-state index is 5.96. The summed E-state index contributed by atoms with van der Waals surface area (Å²) in [7, 11) is 1.69. The van der Waals surface area contributed by atoms with Crippen molar-refractivity contribution in [2.75, 3.05) is 26.2 Å². The highest BCUT2D eigenvalue weighted by Crippen LogP contribution is 2.37. The lowest BCUT2D eigenvalue weighted by Crippen LogP contribution is -2.00. The van der Waals surface area contributed by atoms with E-state index < -0.39 is 0 Å². The molecule has 0 N–H and O–H groups in total. The number of hydrogen-bond donors (Lipinski definition) is 0. The molecule has 27 heavy (non-hydrogen) atoms. The highest BCUT2D eigenvalue weighted by molar-refractivity contribution is 6.17. The van der Waals surface area contributed by atoms with Gasteiger partial charge in [-0.25, -0.2) is 0 Å². The van der Waals surface area contributed by atoms with E-state index in [1.165, 1.54) is 19.3 Å². The molecule has 0 unspecified atom stereocenters. The first kappa shape index (κ1) is 21.7. The van der Waals surface area contributed by atoms with Gasteiger partial charge in [0.15, 0.2) is 11.5 Å². The summed E-state index contributed by atoms with van der Waals surface area (Å²) in [5.74, 6) is 3.25. The summed E-state index contributed by atoms with van der Waals surface area (Å²) in [6.07, 6.45) is 9.25. The average molecular weight is 393 g/mol. The molecule has 0 amide bonds. The molecule has 0 saturated carbocycles. The maximum Gasteiger partial charge on any atom is 0.168 e. The summed E-state index contributed by atoms with van der Waals surface area (Å²) in [6.45, 7) is 3.69. The molecule has 4 heteroatoms. The molecule has 0 aliphatic heterocycles. The third-order valence-corrected chi connectivity index (χ3v) is 4.93. The zero-order valence-electron chi connectivity index (χ0n) is 16.8. The van der Waals surface area contributed by atoms with Crippen molar-refractivity contribution >= 4 is 22.4 Å². The summed E-state index contributed by atoms with van der Waals surface area (Å²) in [4.78, 5) is 0. The molecule has 0 heterocycles. The SMILES string of the molecule is CCCCCCOc1ccc2c(OC)c(OCCCCCCCl)ccc2c1. The van der Waals surface area contributed by atoms with Crippen molar-refractivity contribution in [2.45, 2.75) is 58.3 Å². The summed E-state index contributed by atoms with van der Waals surface area (Å²) in [6, 6.07) is 10.2. The van der Waals surface area contributed by atoms with Gasteiger partial charge in [-0.2, -0.15) is 0 Å². The van der Waals surface area contributed by atoms with Crippen LogP contribution in [0.1, 0.15) is 58.3 Å². The molecule has 0 aliphatic carbocycles. The van der Waals surface area contributed by atoms with Crippen molar-refractivity contribution in [1.82, 2.24) is 0 Å². The summed E-state index contributed by atoms with van der Waals surface area (Å²) >= 11 is 5.71. The minimum absolute atomic E-state index is 0.698. The van der Waals surface area contributed by atoms with Crippen LogP contribution in [0.4, 0.5) is 0 Å². The van der Waals surface area contributed by atoms with Crippen LogP contribution in [0.3, 0.4) is 0 Å². The fraction of sp³-hybridized carbons (Fsp3) is 0.565. The van der Waals surface area contributed by atoms with Gasteiger partial charge in [0.25, 0.3) is 0 Å². The number of benzene rings is 2. The molecule has 2 aromatic rings. The number of rotatable bonds is 14. The van der Waals surface area contributed by atoms with Crippen LogP contribution in [-0.4, -0.2) is 26.2 Å². The Morgan fingerprint density at radius 1 is 0.815 bits per heavy atom. The van der Waals surface area contributed by atoms with Crippen molar-refractivity contribution in [3.05, 3.63) is 30.3 Å². The van der Waals surface area contributed by atoms with Crippen LogP contribution in [-0.2, 0) is 0 Å². The average Bonchev–Trinajstić information content (AvgIpc) is 2.70. The lowest BCUT2D eigenvalue weighted by molar-refractivity contribution is 0.286. The van der Waals surface area contributed by atoms with E-state index in [2.05, 4.69) is 25.1 Å². The number of methoxy groups -OCH3 is 1. The van der Waals surface area contributed by atoms with Crippen molar-refractivity contribution in [1.29, 1.82) is 0 Å². The maximum absolute atomic E-state index is 5.96. The van der Waals surface area contributed by atoms with E-state index in [1.807, 2.05) is 12.1 Å². The molecule has 0 atom stereocenters. The van der Waals surface area contributed by atoms with Gasteiger partial charge in [-0.1, -0.05) is 45.1 Å². The van der Waals surface area contributed by atoms with E-state index in [4.69, 9.17) is 25.8 Å². The molecule has 0 radical (unpaired) electrons. The Labute approximate surface area is 169 Å². The second-order valence-electron chi connectivity index (χ2n) is 6.84. The third kappa shape index (κ3) is 7.14. The molecule has 3 nitrogen and oxygen atoms in total. The Balaban J connectivity index is 1.95. The Morgan fingerprint density at radius 3 is 2.30 bits per heavy atom. The lowest BCUT2D eigenvalue weighted by Gasteiger charge is -2.14. The van der Waals surface area contributed by atoms with Gasteiger partial charge in [-0.3, -0.25) is 0 Å². The van der Waals surface area contributed by atoms with E-state index >= 15 is 0 Å². The largest absolute Gasteiger partial charge is 0.494 e. The molecule has 0 fully saturated rings. The van der Waals surface area contributed by atoms with Gasteiger partial charge < -0.3 is 14.2 Å². The number of unbranched alkanes of at least 4 members (excludes halogenated alkanes) is 6. The molecule has 0 aliphatic rings. The van der Waals surface area contributed by atoms with Gasteiger partial charge >= 0.3 is 0 Å². The predicted octanol–water partition coefficient (Wildman–Crippen LogP) is 6.99. The number of fused-ring (bicyclic) bond motifs is 1. The smallest absolute Gasteiger partial charge is 0.168 e. The van der Waals surface area contributed by atoms with E-state index in [0.717, 1.165) is 72.6 Å². The molecule has 0 spiro atoms. The van der Waals surface area contributed by atoms with Gasteiger partial charge in [-0.15, -0.1) is 11.6 Å². The van der Waals surface area contributed by atoms with Gasteiger partial charge in [0.1, 0.15) is 5.75 Å². The molecule has 0 bridgehead atoms. The van der Waals surface area contributed by atoms with Crippen LogP contribution < -0.4 is 14.2 Å². The zero-order valence-corrected chi connectivity index (χ0v) is 17.5. The topological polar surface area (TPSA) is 27.7 Å². The normalized spacial score (nSPS) is 10.9. The Bertz CT molecular complexity index is 672. The second kappa shape index (κ2) is 12.7. The summed E-state index contributed by atoms with van der Waals surface area (Å²) in [5, 5.41) is 2.16. The molecule has 2 rings (SSSR count). The van der Waals surface area contributed by atoms with Crippen molar-refractivity contribution < 1.29 is 14.2 Å². The zero-order chi connectivity index (χ0) is 19.3. The second-order valence-corrected chi connectivity index (χ2v) is 7.22. The number of alkyl halides is 1. The first-order valence-corrected chi connectivity index (χ1v) is 10.8. The van der Waals surface area contributed by atoms with Crippen LogP contribution in [0, 0.1) is 0 Å². The molecule has 0 saturated heterocycles. The number of hydrogen-bond acceptors (Lipinski definition) is 3.